The molecule has 1 aromatic heterocycles. The number of rotatable bonds is 4. The van der Waals surface area contributed by atoms with Crippen LogP contribution in [0.25, 0.3) is 11.5 Å². The zero-order chi connectivity index (χ0) is 14.1. The number of hydrogen-bond acceptors (Lipinski definition) is 4. The Balaban J connectivity index is 2.01. The van der Waals surface area contributed by atoms with Gasteiger partial charge in [-0.15, -0.1) is 0 Å². The maximum atomic E-state index is 11.2. The summed E-state index contributed by atoms with van der Waals surface area (Å²) in [5, 5.41) is 9.15. The van der Waals surface area contributed by atoms with Gasteiger partial charge in [0, 0.05) is 12.0 Å². The lowest BCUT2D eigenvalue weighted by molar-refractivity contribution is 0.0661. The highest BCUT2D eigenvalue weighted by Crippen LogP contribution is 2.31. The fraction of sp³-hybridized carbons (Fsp3) is 0.333. The second kappa shape index (κ2) is 5.00. The van der Waals surface area contributed by atoms with E-state index in [9.17, 15) is 4.79 Å². The van der Waals surface area contributed by atoms with Gasteiger partial charge in [0.15, 0.2) is 0 Å². The van der Waals surface area contributed by atoms with Crippen LogP contribution in [0.3, 0.4) is 0 Å². The molecule has 1 aromatic carbocycles. The minimum Gasteiger partial charge on any atom is -0.493 e. The number of aromatic nitrogens is 1. The van der Waals surface area contributed by atoms with E-state index in [-0.39, 0.29) is 5.76 Å². The van der Waals surface area contributed by atoms with Crippen LogP contribution >= 0.6 is 0 Å². The number of oxazole rings is 1. The molecule has 20 heavy (non-hydrogen) atoms. The smallest absolute Gasteiger partial charge is 0.373 e. The highest BCUT2D eigenvalue weighted by molar-refractivity contribution is 5.86. The number of nitrogens with zero attached hydrogens (tertiary/aromatic N) is 1. The van der Waals surface area contributed by atoms with Gasteiger partial charge >= 0.3 is 5.97 Å². The minimum atomic E-state index is -1.07. The zero-order valence-corrected chi connectivity index (χ0v) is 11.2. The van der Waals surface area contributed by atoms with Crippen molar-refractivity contribution in [3.63, 3.8) is 0 Å². The molecule has 0 bridgehead atoms. The van der Waals surface area contributed by atoms with Crippen molar-refractivity contribution in [2.75, 3.05) is 6.61 Å². The maximum absolute atomic E-state index is 11.2. The van der Waals surface area contributed by atoms with Crippen molar-refractivity contribution >= 4 is 5.97 Å². The van der Waals surface area contributed by atoms with E-state index in [1.54, 1.807) is 0 Å². The summed E-state index contributed by atoms with van der Waals surface area (Å²) in [5.74, 6) is 0.114. The Morgan fingerprint density at radius 2 is 2.30 bits per heavy atom. The summed E-state index contributed by atoms with van der Waals surface area (Å²) in [5.41, 5.74) is 2.40. The average Bonchev–Trinajstić information content (AvgIpc) is 3.04. The number of carboxylic acid groups (broad SMARTS) is 1. The van der Waals surface area contributed by atoms with Gasteiger partial charge in [0.2, 0.25) is 11.7 Å². The number of carboxylic acids is 1. The van der Waals surface area contributed by atoms with Crippen molar-refractivity contribution in [2.24, 2.45) is 0 Å². The average molecular weight is 273 g/mol. The Labute approximate surface area is 116 Å². The van der Waals surface area contributed by atoms with Crippen LogP contribution in [0.4, 0.5) is 0 Å². The molecule has 0 amide bonds. The highest BCUT2D eigenvalue weighted by Gasteiger charge is 2.21. The molecule has 5 nitrogen and oxygen atoms in total. The van der Waals surface area contributed by atoms with Crippen molar-refractivity contribution in [3.8, 4) is 17.2 Å². The van der Waals surface area contributed by atoms with Crippen LogP contribution in [0.5, 0.6) is 5.75 Å². The summed E-state index contributed by atoms with van der Waals surface area (Å²) < 4.78 is 10.9. The van der Waals surface area contributed by atoms with E-state index in [1.165, 1.54) is 0 Å². The minimum absolute atomic E-state index is 0.0569. The monoisotopic (exact) mass is 273 g/mol. The summed E-state index contributed by atoms with van der Waals surface area (Å²) in [6.07, 6.45) is 2.28. The van der Waals surface area contributed by atoms with E-state index >= 15 is 0 Å². The molecule has 0 unspecified atom stereocenters. The van der Waals surface area contributed by atoms with Gasteiger partial charge < -0.3 is 14.3 Å². The topological polar surface area (TPSA) is 72.6 Å². The number of ether oxygens (including phenoxy) is 1. The lowest BCUT2D eigenvalue weighted by atomic mass is 10.1. The molecule has 0 radical (unpaired) electrons. The Bertz CT molecular complexity index is 660. The van der Waals surface area contributed by atoms with Gasteiger partial charge in [0.1, 0.15) is 5.75 Å². The molecule has 1 N–H and O–H groups in total. The summed E-state index contributed by atoms with van der Waals surface area (Å²) in [7, 11) is 0. The summed E-state index contributed by atoms with van der Waals surface area (Å²) >= 11 is 0. The molecular formula is C15H15NO4. The molecule has 5 heteroatoms. The predicted octanol–water partition coefficient (Wildman–Crippen LogP) is 2.93. The third kappa shape index (κ3) is 2.15. The van der Waals surface area contributed by atoms with E-state index in [1.807, 2.05) is 25.1 Å². The van der Waals surface area contributed by atoms with E-state index < -0.39 is 5.97 Å². The molecule has 1 aliphatic rings. The van der Waals surface area contributed by atoms with E-state index in [4.69, 9.17) is 14.3 Å². The molecule has 0 fully saturated rings. The number of hydrogen-bond donors (Lipinski definition) is 1. The molecule has 104 valence electrons. The third-order valence-electron chi connectivity index (χ3n) is 3.31. The van der Waals surface area contributed by atoms with E-state index in [0.29, 0.717) is 24.6 Å². The van der Waals surface area contributed by atoms with Gasteiger partial charge in [-0.1, -0.05) is 13.3 Å². The van der Waals surface area contributed by atoms with Crippen molar-refractivity contribution < 1.29 is 19.1 Å². The Hall–Kier alpha value is -2.30. The molecule has 0 saturated heterocycles. The zero-order valence-electron chi connectivity index (χ0n) is 11.2. The van der Waals surface area contributed by atoms with E-state index in [2.05, 4.69) is 4.98 Å². The standard InChI is InChI=1S/C15H15NO4/c1-2-3-11-13(15(17)18)20-14(16-11)10-4-5-12-9(8-10)6-7-19-12/h4-5,8H,2-3,6-7H2,1H3,(H,17,18). The normalized spacial score (nSPS) is 13.1. The van der Waals surface area contributed by atoms with Crippen molar-refractivity contribution in [3.05, 3.63) is 35.2 Å². The molecule has 0 aliphatic carbocycles. The van der Waals surface area contributed by atoms with Crippen molar-refractivity contribution in [2.45, 2.75) is 26.2 Å². The van der Waals surface area contributed by atoms with E-state index in [0.717, 1.165) is 29.7 Å². The fourth-order valence-electron chi connectivity index (χ4n) is 2.37. The molecule has 2 aromatic rings. The molecule has 1 aliphatic heterocycles. The summed E-state index contributed by atoms with van der Waals surface area (Å²) in [4.78, 5) is 15.5. The predicted molar refractivity (Wildman–Crippen MR) is 72.1 cm³/mol. The lowest BCUT2D eigenvalue weighted by Gasteiger charge is -2.00. The Morgan fingerprint density at radius 1 is 1.45 bits per heavy atom. The van der Waals surface area contributed by atoms with Crippen molar-refractivity contribution in [1.29, 1.82) is 0 Å². The second-order valence-corrected chi connectivity index (χ2v) is 4.77. The van der Waals surface area contributed by atoms with Gasteiger partial charge in [0.25, 0.3) is 0 Å². The van der Waals surface area contributed by atoms with Crippen molar-refractivity contribution in [1.82, 2.24) is 4.98 Å². The number of aromatic carboxylic acids is 1. The number of fused-ring (bicyclic) bond motifs is 1. The van der Waals surface area contributed by atoms with Crippen LogP contribution in [0.2, 0.25) is 0 Å². The fourth-order valence-corrected chi connectivity index (χ4v) is 2.37. The molecule has 0 saturated carbocycles. The number of carbonyl (C=O) groups is 1. The first-order valence-electron chi connectivity index (χ1n) is 6.68. The van der Waals surface area contributed by atoms with Gasteiger partial charge in [-0.2, -0.15) is 0 Å². The molecule has 2 heterocycles. The Kier molecular flexibility index (Phi) is 3.18. The first-order chi connectivity index (χ1) is 9.69. The lowest BCUT2D eigenvalue weighted by Crippen LogP contribution is -1.99. The van der Waals surface area contributed by atoms with Crippen LogP contribution in [0.1, 0.15) is 35.2 Å². The first kappa shape index (κ1) is 12.7. The quantitative estimate of drug-likeness (QED) is 0.927. The molecule has 0 spiro atoms. The molecular weight excluding hydrogens is 258 g/mol. The third-order valence-corrected chi connectivity index (χ3v) is 3.31. The van der Waals surface area contributed by atoms with Gasteiger partial charge in [-0.25, -0.2) is 9.78 Å². The van der Waals surface area contributed by atoms with Crippen LogP contribution in [-0.2, 0) is 12.8 Å². The second-order valence-electron chi connectivity index (χ2n) is 4.77. The number of benzene rings is 1. The summed E-state index contributed by atoms with van der Waals surface area (Å²) in [6, 6.07) is 5.68. The SMILES string of the molecule is CCCc1nc(-c2ccc3c(c2)CCO3)oc1C(=O)O. The Morgan fingerprint density at radius 3 is 3.05 bits per heavy atom. The van der Waals surface area contributed by atoms with Gasteiger partial charge in [-0.05, 0) is 30.2 Å². The van der Waals surface area contributed by atoms with Crippen LogP contribution in [0, 0.1) is 0 Å². The van der Waals surface area contributed by atoms with Crippen LogP contribution in [-0.4, -0.2) is 22.7 Å². The first-order valence-corrected chi connectivity index (χ1v) is 6.68. The van der Waals surface area contributed by atoms with Gasteiger partial charge in [0.05, 0.1) is 12.3 Å². The maximum Gasteiger partial charge on any atom is 0.373 e. The largest absolute Gasteiger partial charge is 0.493 e. The molecule has 0 atom stereocenters. The van der Waals surface area contributed by atoms with Gasteiger partial charge in [-0.3, -0.25) is 0 Å². The number of aryl methyl sites for hydroxylation is 1. The van der Waals surface area contributed by atoms with Crippen LogP contribution < -0.4 is 4.74 Å². The summed E-state index contributed by atoms with van der Waals surface area (Å²) in [6.45, 7) is 2.67. The van der Waals surface area contributed by atoms with Crippen LogP contribution in [0.15, 0.2) is 22.6 Å². The highest BCUT2D eigenvalue weighted by atomic mass is 16.5. The molecule has 3 rings (SSSR count).